The van der Waals surface area contributed by atoms with Crippen LogP contribution in [0.15, 0.2) is 23.4 Å². The van der Waals surface area contributed by atoms with Crippen LogP contribution in [-0.4, -0.2) is 10.6 Å². The van der Waals surface area contributed by atoms with E-state index < -0.39 is 10.7 Å². The Labute approximate surface area is 85.3 Å². The van der Waals surface area contributed by atoms with Crippen LogP contribution in [0.5, 0.6) is 5.75 Å². The molecule has 6 heteroatoms. The van der Waals surface area contributed by atoms with Crippen molar-refractivity contribution in [2.45, 2.75) is 13.8 Å². The molecule has 5 nitrogen and oxygen atoms in total. The van der Waals surface area contributed by atoms with Gasteiger partial charge in [-0.3, -0.25) is 10.1 Å². The molecule has 80 valence electrons. The quantitative estimate of drug-likeness (QED) is 0.439. The number of nitro benzene ring substituents is 1. The van der Waals surface area contributed by atoms with Gasteiger partial charge in [0.05, 0.1) is 10.6 Å². The van der Waals surface area contributed by atoms with Crippen molar-refractivity contribution < 1.29 is 14.2 Å². The molecule has 1 aromatic rings. The molecular formula is C9H9FN2O3. The molecule has 1 aromatic carbocycles. The highest BCUT2D eigenvalue weighted by Gasteiger charge is 2.16. The molecule has 0 aliphatic heterocycles. The minimum absolute atomic E-state index is 0.207. The van der Waals surface area contributed by atoms with E-state index in [0.717, 1.165) is 18.2 Å². The molecule has 0 aromatic heterocycles. The van der Waals surface area contributed by atoms with Crippen LogP contribution in [0, 0.1) is 15.9 Å². The van der Waals surface area contributed by atoms with Gasteiger partial charge in [-0.1, -0.05) is 5.16 Å². The van der Waals surface area contributed by atoms with Crippen LogP contribution in [0.4, 0.5) is 10.1 Å². The molecule has 0 radical (unpaired) electrons. The zero-order valence-corrected chi connectivity index (χ0v) is 8.23. The van der Waals surface area contributed by atoms with Crippen LogP contribution < -0.4 is 4.84 Å². The van der Waals surface area contributed by atoms with E-state index in [0.29, 0.717) is 5.71 Å². The van der Waals surface area contributed by atoms with E-state index in [9.17, 15) is 14.5 Å². The lowest BCUT2D eigenvalue weighted by Crippen LogP contribution is -1.95. The monoisotopic (exact) mass is 212 g/mol. The van der Waals surface area contributed by atoms with E-state index in [-0.39, 0.29) is 11.4 Å². The van der Waals surface area contributed by atoms with Gasteiger partial charge in [0.15, 0.2) is 0 Å². The highest BCUT2D eigenvalue weighted by atomic mass is 19.1. The Kier molecular flexibility index (Phi) is 3.33. The highest BCUT2D eigenvalue weighted by molar-refractivity contribution is 5.78. The van der Waals surface area contributed by atoms with Gasteiger partial charge in [0.2, 0.25) is 5.75 Å². The van der Waals surface area contributed by atoms with E-state index in [1.54, 1.807) is 13.8 Å². The molecule has 0 bridgehead atoms. The number of rotatable bonds is 3. The van der Waals surface area contributed by atoms with Crippen molar-refractivity contribution in [2.24, 2.45) is 5.16 Å². The van der Waals surface area contributed by atoms with Crippen molar-refractivity contribution >= 4 is 11.4 Å². The Bertz CT molecular complexity index is 414. The topological polar surface area (TPSA) is 64.7 Å². The Morgan fingerprint density at radius 1 is 1.53 bits per heavy atom. The lowest BCUT2D eigenvalue weighted by atomic mass is 10.3. The van der Waals surface area contributed by atoms with Crippen LogP contribution in [0.1, 0.15) is 13.8 Å². The summed E-state index contributed by atoms with van der Waals surface area (Å²) in [6.07, 6.45) is 0. The average molecular weight is 212 g/mol. The van der Waals surface area contributed by atoms with Crippen molar-refractivity contribution in [1.82, 2.24) is 0 Å². The highest BCUT2D eigenvalue weighted by Crippen LogP contribution is 2.27. The van der Waals surface area contributed by atoms with Gasteiger partial charge < -0.3 is 4.84 Å². The largest absolute Gasteiger partial charge is 0.350 e. The van der Waals surface area contributed by atoms with E-state index >= 15 is 0 Å². The molecule has 0 aliphatic carbocycles. The summed E-state index contributed by atoms with van der Waals surface area (Å²) in [5.41, 5.74) is 0.259. The number of nitrogens with zero attached hydrogens (tertiary/aromatic N) is 2. The van der Waals surface area contributed by atoms with Crippen LogP contribution in [0.3, 0.4) is 0 Å². The SMILES string of the molecule is CC(C)=NOc1cc(F)ccc1[N+](=O)[O-]. The van der Waals surface area contributed by atoms with Crippen LogP contribution in [-0.2, 0) is 0 Å². The first-order valence-electron chi connectivity index (χ1n) is 4.13. The zero-order chi connectivity index (χ0) is 11.4. The molecular weight excluding hydrogens is 203 g/mol. The minimum Gasteiger partial charge on any atom is -0.350 e. The maximum absolute atomic E-state index is 12.8. The Morgan fingerprint density at radius 2 is 2.20 bits per heavy atom. The standard InChI is InChI=1S/C9H9FN2O3/c1-6(2)11-15-9-5-7(10)3-4-8(9)12(13)14/h3-5H,1-2H3. The van der Waals surface area contributed by atoms with Crippen molar-refractivity contribution in [3.8, 4) is 5.75 Å². The molecule has 0 saturated heterocycles. The first-order chi connectivity index (χ1) is 7.00. The van der Waals surface area contributed by atoms with E-state index in [1.807, 2.05) is 0 Å². The summed E-state index contributed by atoms with van der Waals surface area (Å²) in [7, 11) is 0. The van der Waals surface area contributed by atoms with Crippen LogP contribution >= 0.6 is 0 Å². The fourth-order valence-corrected chi connectivity index (χ4v) is 0.852. The van der Waals surface area contributed by atoms with Gasteiger partial charge in [-0.2, -0.15) is 0 Å². The van der Waals surface area contributed by atoms with E-state index in [1.165, 1.54) is 0 Å². The van der Waals surface area contributed by atoms with Gasteiger partial charge in [-0.05, 0) is 19.9 Å². The third-order valence-electron chi connectivity index (χ3n) is 1.45. The average Bonchev–Trinajstić information content (AvgIpc) is 2.14. The summed E-state index contributed by atoms with van der Waals surface area (Å²) in [6.45, 7) is 3.32. The summed E-state index contributed by atoms with van der Waals surface area (Å²) < 4.78 is 12.8. The molecule has 0 heterocycles. The normalized spacial score (nSPS) is 9.53. The number of hydrogen-bond acceptors (Lipinski definition) is 4. The molecule has 1 rings (SSSR count). The van der Waals surface area contributed by atoms with Gasteiger partial charge in [-0.25, -0.2) is 4.39 Å². The molecule has 0 atom stereocenters. The van der Waals surface area contributed by atoms with Crippen molar-refractivity contribution in [2.75, 3.05) is 0 Å². The van der Waals surface area contributed by atoms with Crippen LogP contribution in [0.2, 0.25) is 0 Å². The number of oxime groups is 1. The van der Waals surface area contributed by atoms with Crippen molar-refractivity contribution in [1.29, 1.82) is 0 Å². The maximum atomic E-state index is 12.8. The predicted molar refractivity (Wildman–Crippen MR) is 52.5 cm³/mol. The Morgan fingerprint density at radius 3 is 2.73 bits per heavy atom. The number of hydrogen-bond donors (Lipinski definition) is 0. The van der Waals surface area contributed by atoms with Gasteiger partial charge in [0.1, 0.15) is 5.82 Å². The summed E-state index contributed by atoms with van der Waals surface area (Å²) in [6, 6.07) is 2.95. The lowest BCUT2D eigenvalue weighted by Gasteiger charge is -2.00. The fraction of sp³-hybridized carbons (Fsp3) is 0.222. The maximum Gasteiger partial charge on any atom is 0.314 e. The Balaban J connectivity index is 3.07. The second-order valence-corrected chi connectivity index (χ2v) is 3.00. The van der Waals surface area contributed by atoms with Gasteiger partial charge >= 0.3 is 5.69 Å². The molecule has 15 heavy (non-hydrogen) atoms. The van der Waals surface area contributed by atoms with Gasteiger partial charge in [-0.15, -0.1) is 0 Å². The summed E-state index contributed by atoms with van der Waals surface area (Å²) in [5, 5.41) is 14.1. The second-order valence-electron chi connectivity index (χ2n) is 3.00. The smallest absolute Gasteiger partial charge is 0.314 e. The number of nitro groups is 1. The second kappa shape index (κ2) is 4.50. The molecule has 0 fully saturated rings. The van der Waals surface area contributed by atoms with E-state index in [2.05, 4.69) is 5.16 Å². The predicted octanol–water partition coefficient (Wildman–Crippen LogP) is 2.51. The molecule has 0 unspecified atom stereocenters. The minimum atomic E-state index is -0.657. The third-order valence-corrected chi connectivity index (χ3v) is 1.45. The third kappa shape index (κ3) is 3.01. The molecule has 0 N–H and O–H groups in total. The fourth-order valence-electron chi connectivity index (χ4n) is 0.852. The molecule has 0 aliphatic rings. The van der Waals surface area contributed by atoms with Gasteiger partial charge in [0.25, 0.3) is 0 Å². The first kappa shape index (κ1) is 11.1. The van der Waals surface area contributed by atoms with Crippen molar-refractivity contribution in [3.63, 3.8) is 0 Å². The molecule has 0 spiro atoms. The molecule has 0 amide bonds. The van der Waals surface area contributed by atoms with Crippen molar-refractivity contribution in [3.05, 3.63) is 34.1 Å². The van der Waals surface area contributed by atoms with E-state index in [4.69, 9.17) is 4.84 Å². The summed E-state index contributed by atoms with van der Waals surface area (Å²) in [4.78, 5) is 14.6. The number of halogens is 1. The summed E-state index contributed by atoms with van der Waals surface area (Å²) in [5.74, 6) is -0.819. The van der Waals surface area contributed by atoms with Crippen LogP contribution in [0.25, 0.3) is 0 Å². The number of benzene rings is 1. The first-order valence-corrected chi connectivity index (χ1v) is 4.13. The molecule has 0 saturated carbocycles. The lowest BCUT2D eigenvalue weighted by molar-refractivity contribution is -0.385. The Hall–Kier alpha value is -1.98. The van der Waals surface area contributed by atoms with Gasteiger partial charge in [0, 0.05) is 12.1 Å². The summed E-state index contributed by atoms with van der Waals surface area (Å²) >= 11 is 0. The zero-order valence-electron chi connectivity index (χ0n) is 8.23.